The van der Waals surface area contributed by atoms with Crippen LogP contribution in [-0.4, -0.2) is 9.78 Å². The molecule has 1 heterocycles. The second-order valence-electron chi connectivity index (χ2n) is 4.71. The second kappa shape index (κ2) is 4.19. The first-order valence-corrected chi connectivity index (χ1v) is 6.42. The predicted molar refractivity (Wildman–Crippen MR) is 69.4 cm³/mol. The zero-order valence-corrected chi connectivity index (χ0v) is 10.6. The van der Waals surface area contributed by atoms with Crippen molar-refractivity contribution in [2.45, 2.75) is 31.2 Å². The van der Waals surface area contributed by atoms with E-state index in [0.29, 0.717) is 5.92 Å². The van der Waals surface area contributed by atoms with E-state index in [2.05, 4.69) is 35.6 Å². The van der Waals surface area contributed by atoms with Crippen molar-refractivity contribution >= 4 is 11.6 Å². The lowest BCUT2D eigenvalue weighted by Crippen LogP contribution is -2.22. The van der Waals surface area contributed by atoms with Crippen LogP contribution in [0, 0.1) is 0 Å². The molecule has 0 spiro atoms. The summed E-state index contributed by atoms with van der Waals surface area (Å²) in [7, 11) is 0. The van der Waals surface area contributed by atoms with E-state index in [0.717, 1.165) is 12.1 Å². The van der Waals surface area contributed by atoms with Gasteiger partial charge in [-0.2, -0.15) is 5.10 Å². The van der Waals surface area contributed by atoms with Crippen LogP contribution in [0.25, 0.3) is 0 Å². The molecular formula is C14H15ClN2. The Morgan fingerprint density at radius 3 is 3.00 bits per heavy atom. The number of hydrogen-bond donors (Lipinski definition) is 0. The van der Waals surface area contributed by atoms with E-state index in [1.807, 2.05) is 17.8 Å². The lowest BCUT2D eigenvalue weighted by atomic mass is 9.78. The first kappa shape index (κ1) is 10.8. The summed E-state index contributed by atoms with van der Waals surface area (Å²) >= 11 is 6.03. The van der Waals surface area contributed by atoms with E-state index in [4.69, 9.17) is 11.6 Å². The third-order valence-electron chi connectivity index (χ3n) is 3.48. The zero-order chi connectivity index (χ0) is 11.8. The molecule has 2 atom stereocenters. The average Bonchev–Trinajstić information content (AvgIpc) is 2.75. The quantitative estimate of drug-likeness (QED) is 0.758. The Labute approximate surface area is 106 Å². The molecule has 0 N–H and O–H groups in total. The summed E-state index contributed by atoms with van der Waals surface area (Å²) < 4.78 is 2.01. The molecule has 2 nitrogen and oxygen atoms in total. The van der Waals surface area contributed by atoms with E-state index in [1.54, 1.807) is 0 Å². The highest BCUT2D eigenvalue weighted by Crippen LogP contribution is 2.35. The molecule has 17 heavy (non-hydrogen) atoms. The van der Waals surface area contributed by atoms with Crippen LogP contribution >= 0.6 is 11.6 Å². The fourth-order valence-electron chi connectivity index (χ4n) is 2.44. The Morgan fingerprint density at radius 1 is 1.47 bits per heavy atom. The maximum Gasteiger partial charge on any atom is 0.0588 e. The van der Waals surface area contributed by atoms with Gasteiger partial charge in [0, 0.05) is 24.2 Å². The molecule has 1 aromatic carbocycles. The highest BCUT2D eigenvalue weighted by atomic mass is 35.5. The average molecular weight is 247 g/mol. The van der Waals surface area contributed by atoms with Crippen LogP contribution in [0.4, 0.5) is 0 Å². The molecule has 1 aliphatic carbocycles. The molecule has 0 bridgehead atoms. The monoisotopic (exact) mass is 246 g/mol. The number of nitrogens with zero attached hydrogens (tertiary/aromatic N) is 2. The van der Waals surface area contributed by atoms with Crippen molar-refractivity contribution in [3.63, 3.8) is 0 Å². The third-order valence-corrected chi connectivity index (χ3v) is 3.73. The van der Waals surface area contributed by atoms with Crippen molar-refractivity contribution in [2.75, 3.05) is 0 Å². The van der Waals surface area contributed by atoms with Gasteiger partial charge in [-0.3, -0.25) is 4.68 Å². The molecule has 2 aromatic rings. The number of benzene rings is 1. The summed E-state index contributed by atoms with van der Waals surface area (Å²) in [5.74, 6) is 0.615. The fourth-order valence-corrected chi connectivity index (χ4v) is 2.55. The van der Waals surface area contributed by atoms with E-state index in [9.17, 15) is 0 Å². The van der Waals surface area contributed by atoms with Crippen LogP contribution in [0.1, 0.15) is 34.9 Å². The molecule has 0 radical (unpaired) electrons. The van der Waals surface area contributed by atoms with Gasteiger partial charge in [-0.15, -0.1) is 11.6 Å². The number of alkyl halides is 1. The number of aromatic nitrogens is 2. The Balaban J connectivity index is 1.73. The summed E-state index contributed by atoms with van der Waals surface area (Å²) in [6.45, 7) is 2.93. The minimum Gasteiger partial charge on any atom is -0.272 e. The molecular weight excluding hydrogens is 232 g/mol. The fraction of sp³-hybridized carbons (Fsp3) is 0.357. The van der Waals surface area contributed by atoms with Gasteiger partial charge in [0.25, 0.3) is 0 Å². The number of halogens is 1. The first-order valence-electron chi connectivity index (χ1n) is 5.98. The van der Waals surface area contributed by atoms with Gasteiger partial charge in [-0.1, -0.05) is 24.3 Å². The topological polar surface area (TPSA) is 17.8 Å². The molecule has 0 fully saturated rings. The first-order chi connectivity index (χ1) is 8.24. The summed E-state index contributed by atoms with van der Waals surface area (Å²) in [5, 5.41) is 4.40. The van der Waals surface area contributed by atoms with Crippen LogP contribution < -0.4 is 0 Å². The van der Waals surface area contributed by atoms with E-state index in [1.165, 1.54) is 17.5 Å². The Morgan fingerprint density at radius 2 is 2.29 bits per heavy atom. The van der Waals surface area contributed by atoms with Crippen molar-refractivity contribution in [3.8, 4) is 0 Å². The van der Waals surface area contributed by atoms with Gasteiger partial charge in [0.1, 0.15) is 0 Å². The van der Waals surface area contributed by atoms with Crippen molar-refractivity contribution < 1.29 is 0 Å². The summed E-state index contributed by atoms with van der Waals surface area (Å²) in [4.78, 5) is 0. The molecule has 3 rings (SSSR count). The van der Waals surface area contributed by atoms with Crippen LogP contribution in [0.3, 0.4) is 0 Å². The molecule has 3 heteroatoms. The minimum atomic E-state index is 0.0393. The molecule has 0 saturated carbocycles. The smallest absolute Gasteiger partial charge is 0.0588 e. The van der Waals surface area contributed by atoms with Crippen LogP contribution in [0.15, 0.2) is 36.7 Å². The number of rotatable bonds is 3. The van der Waals surface area contributed by atoms with Crippen molar-refractivity contribution in [1.82, 2.24) is 9.78 Å². The standard InChI is InChI=1S/C14H15ClN2/c1-10(15)13-7-16-17(9-13)8-12-6-11-4-2-3-5-14(11)12/h2-5,7,9-10,12H,6,8H2,1H3. The van der Waals surface area contributed by atoms with Crippen molar-refractivity contribution in [3.05, 3.63) is 53.3 Å². The zero-order valence-electron chi connectivity index (χ0n) is 9.81. The molecule has 0 saturated heterocycles. The molecule has 88 valence electrons. The lowest BCUT2D eigenvalue weighted by Gasteiger charge is -2.29. The third kappa shape index (κ3) is 1.98. The van der Waals surface area contributed by atoms with Crippen LogP contribution in [-0.2, 0) is 13.0 Å². The highest BCUT2D eigenvalue weighted by Gasteiger charge is 2.25. The summed E-state index contributed by atoms with van der Waals surface area (Å²) in [6.07, 6.45) is 5.09. The van der Waals surface area contributed by atoms with E-state index >= 15 is 0 Å². The largest absolute Gasteiger partial charge is 0.272 e. The normalized spacial score (nSPS) is 19.5. The molecule has 2 unspecified atom stereocenters. The van der Waals surface area contributed by atoms with E-state index in [-0.39, 0.29) is 5.38 Å². The van der Waals surface area contributed by atoms with Gasteiger partial charge in [0.2, 0.25) is 0 Å². The Hall–Kier alpha value is -1.28. The predicted octanol–water partition coefficient (Wildman–Crippen LogP) is 3.52. The SMILES string of the molecule is CC(Cl)c1cnn(CC2Cc3ccccc32)c1. The Bertz CT molecular complexity index is 531. The summed E-state index contributed by atoms with van der Waals surface area (Å²) in [6, 6.07) is 8.65. The minimum absolute atomic E-state index is 0.0393. The van der Waals surface area contributed by atoms with Crippen LogP contribution in [0.5, 0.6) is 0 Å². The summed E-state index contributed by atoms with van der Waals surface area (Å²) in [5.41, 5.74) is 4.05. The van der Waals surface area contributed by atoms with Gasteiger partial charge in [-0.05, 0) is 24.5 Å². The van der Waals surface area contributed by atoms with Crippen molar-refractivity contribution in [1.29, 1.82) is 0 Å². The van der Waals surface area contributed by atoms with Crippen LogP contribution in [0.2, 0.25) is 0 Å². The van der Waals surface area contributed by atoms with Crippen molar-refractivity contribution in [2.24, 2.45) is 0 Å². The van der Waals surface area contributed by atoms with Gasteiger partial charge in [0.05, 0.1) is 11.6 Å². The number of fused-ring (bicyclic) bond motifs is 1. The lowest BCUT2D eigenvalue weighted by molar-refractivity contribution is 0.475. The van der Waals surface area contributed by atoms with E-state index < -0.39 is 0 Å². The molecule has 1 aliphatic rings. The molecule has 0 amide bonds. The maximum absolute atomic E-state index is 6.03. The van der Waals surface area contributed by atoms with Gasteiger partial charge < -0.3 is 0 Å². The number of hydrogen-bond acceptors (Lipinski definition) is 1. The van der Waals surface area contributed by atoms with Gasteiger partial charge in [-0.25, -0.2) is 0 Å². The van der Waals surface area contributed by atoms with Gasteiger partial charge >= 0.3 is 0 Å². The molecule has 0 aliphatic heterocycles. The Kier molecular flexibility index (Phi) is 2.67. The maximum atomic E-state index is 6.03. The highest BCUT2D eigenvalue weighted by molar-refractivity contribution is 6.20. The second-order valence-corrected chi connectivity index (χ2v) is 5.37. The van der Waals surface area contributed by atoms with Gasteiger partial charge in [0.15, 0.2) is 0 Å². The molecule has 1 aromatic heterocycles.